The Kier molecular flexibility index (Phi) is 7.81. The van der Waals surface area contributed by atoms with E-state index in [4.69, 9.17) is 4.74 Å². The minimum Gasteiger partial charge on any atom is -0.497 e. The average Bonchev–Trinajstić information content (AvgIpc) is 2.71. The molecule has 2 aromatic rings. The molecule has 5 heteroatoms. The summed E-state index contributed by atoms with van der Waals surface area (Å²) >= 11 is 0. The number of benzene rings is 2. The third-order valence-electron chi connectivity index (χ3n) is 4.59. The second kappa shape index (κ2) is 10.3. The van der Waals surface area contributed by atoms with Gasteiger partial charge in [-0.05, 0) is 55.7 Å². The monoisotopic (exact) mass is 380 g/mol. The highest BCUT2D eigenvalue weighted by atomic mass is 16.5. The largest absolute Gasteiger partial charge is 0.497 e. The van der Waals surface area contributed by atoms with Gasteiger partial charge in [0.2, 0.25) is 11.8 Å². The first-order chi connectivity index (χ1) is 13.4. The second-order valence-electron chi connectivity index (χ2n) is 6.62. The SMILES string of the molecule is CCN(Cc1ccccc1C)C(=O)C(C)NC(=O)/C=C/c1ccc(OC)cc1. The summed E-state index contributed by atoms with van der Waals surface area (Å²) in [6, 6.07) is 14.8. The van der Waals surface area contributed by atoms with Crippen LogP contribution in [0.25, 0.3) is 6.08 Å². The predicted octanol–water partition coefficient (Wildman–Crippen LogP) is 3.57. The molecular weight excluding hydrogens is 352 g/mol. The standard InChI is InChI=1S/C23H28N2O3/c1-5-25(16-20-9-7-6-8-17(20)2)23(27)18(3)24-22(26)15-12-19-10-13-21(28-4)14-11-19/h6-15,18H,5,16H2,1-4H3,(H,24,26)/b15-12+. The van der Waals surface area contributed by atoms with Crippen molar-refractivity contribution >= 4 is 17.9 Å². The summed E-state index contributed by atoms with van der Waals surface area (Å²) in [6.07, 6.45) is 3.14. The Morgan fingerprint density at radius 3 is 2.43 bits per heavy atom. The van der Waals surface area contributed by atoms with Crippen molar-refractivity contribution in [2.45, 2.75) is 33.4 Å². The van der Waals surface area contributed by atoms with E-state index in [0.717, 1.165) is 22.4 Å². The van der Waals surface area contributed by atoms with Crippen LogP contribution in [0.4, 0.5) is 0 Å². The number of hydrogen-bond acceptors (Lipinski definition) is 3. The van der Waals surface area contributed by atoms with E-state index >= 15 is 0 Å². The molecule has 0 heterocycles. The Morgan fingerprint density at radius 2 is 1.82 bits per heavy atom. The minimum absolute atomic E-state index is 0.100. The van der Waals surface area contributed by atoms with E-state index in [9.17, 15) is 9.59 Å². The van der Waals surface area contributed by atoms with Crippen LogP contribution in [-0.4, -0.2) is 36.4 Å². The number of aryl methyl sites for hydroxylation is 1. The fourth-order valence-corrected chi connectivity index (χ4v) is 2.82. The van der Waals surface area contributed by atoms with Gasteiger partial charge in [0.1, 0.15) is 11.8 Å². The van der Waals surface area contributed by atoms with Crippen LogP contribution in [0.5, 0.6) is 5.75 Å². The van der Waals surface area contributed by atoms with Gasteiger partial charge in [-0.2, -0.15) is 0 Å². The molecule has 2 amide bonds. The van der Waals surface area contributed by atoms with Gasteiger partial charge in [0.05, 0.1) is 7.11 Å². The van der Waals surface area contributed by atoms with Crippen LogP contribution >= 0.6 is 0 Å². The molecule has 0 radical (unpaired) electrons. The molecule has 0 fully saturated rings. The lowest BCUT2D eigenvalue weighted by atomic mass is 10.1. The number of likely N-dealkylation sites (N-methyl/N-ethyl adjacent to an activating group) is 1. The number of hydrogen-bond donors (Lipinski definition) is 1. The molecule has 1 atom stereocenters. The van der Waals surface area contributed by atoms with Crippen LogP contribution < -0.4 is 10.1 Å². The van der Waals surface area contributed by atoms with Gasteiger partial charge >= 0.3 is 0 Å². The Hall–Kier alpha value is -3.08. The summed E-state index contributed by atoms with van der Waals surface area (Å²) in [4.78, 5) is 26.7. The number of nitrogens with zero attached hydrogens (tertiary/aromatic N) is 1. The normalized spacial score (nSPS) is 11.9. The molecule has 0 saturated heterocycles. The predicted molar refractivity (Wildman–Crippen MR) is 112 cm³/mol. The van der Waals surface area contributed by atoms with E-state index in [0.29, 0.717) is 13.1 Å². The highest BCUT2D eigenvalue weighted by Crippen LogP contribution is 2.13. The van der Waals surface area contributed by atoms with Crippen molar-refractivity contribution in [3.8, 4) is 5.75 Å². The first-order valence-electron chi connectivity index (χ1n) is 9.40. The van der Waals surface area contributed by atoms with Crippen LogP contribution in [-0.2, 0) is 16.1 Å². The molecule has 0 aliphatic heterocycles. The number of rotatable bonds is 8. The van der Waals surface area contributed by atoms with Crippen LogP contribution in [0.1, 0.15) is 30.5 Å². The van der Waals surface area contributed by atoms with E-state index < -0.39 is 6.04 Å². The van der Waals surface area contributed by atoms with E-state index in [2.05, 4.69) is 5.32 Å². The Balaban J connectivity index is 1.94. The summed E-state index contributed by atoms with van der Waals surface area (Å²) in [5.74, 6) is 0.356. The van der Waals surface area contributed by atoms with Crippen LogP contribution in [0.3, 0.4) is 0 Å². The fourth-order valence-electron chi connectivity index (χ4n) is 2.82. The lowest BCUT2D eigenvalue weighted by Crippen LogP contribution is -2.46. The van der Waals surface area contributed by atoms with Crippen LogP contribution in [0, 0.1) is 6.92 Å². The molecule has 0 spiro atoms. The molecule has 1 N–H and O–H groups in total. The van der Waals surface area contributed by atoms with Crippen LogP contribution in [0.15, 0.2) is 54.6 Å². The number of carbonyl (C=O) groups excluding carboxylic acids is 2. The third-order valence-corrected chi connectivity index (χ3v) is 4.59. The van der Waals surface area contributed by atoms with Gasteiger partial charge in [-0.25, -0.2) is 0 Å². The van der Waals surface area contributed by atoms with Gasteiger partial charge < -0.3 is 15.0 Å². The van der Waals surface area contributed by atoms with E-state index in [1.165, 1.54) is 6.08 Å². The highest BCUT2D eigenvalue weighted by molar-refractivity contribution is 5.95. The zero-order valence-corrected chi connectivity index (χ0v) is 16.9. The van der Waals surface area contributed by atoms with Crippen molar-refractivity contribution in [2.75, 3.05) is 13.7 Å². The molecule has 5 nitrogen and oxygen atoms in total. The summed E-state index contributed by atoms with van der Waals surface area (Å²) in [6.45, 7) is 6.79. The molecule has 0 aliphatic carbocycles. The lowest BCUT2D eigenvalue weighted by Gasteiger charge is -2.25. The molecule has 1 unspecified atom stereocenters. The Bertz CT molecular complexity index is 828. The molecule has 0 aliphatic rings. The Morgan fingerprint density at radius 1 is 1.14 bits per heavy atom. The number of carbonyl (C=O) groups is 2. The van der Waals surface area contributed by atoms with E-state index in [-0.39, 0.29) is 11.8 Å². The molecule has 0 bridgehead atoms. The maximum absolute atomic E-state index is 12.7. The van der Waals surface area contributed by atoms with Gasteiger partial charge in [-0.15, -0.1) is 0 Å². The van der Waals surface area contributed by atoms with Crippen molar-refractivity contribution in [2.24, 2.45) is 0 Å². The average molecular weight is 380 g/mol. The third kappa shape index (κ3) is 5.98. The van der Waals surface area contributed by atoms with E-state index in [1.54, 1.807) is 25.0 Å². The molecule has 28 heavy (non-hydrogen) atoms. The summed E-state index contributed by atoms with van der Waals surface area (Å²) in [7, 11) is 1.61. The first-order valence-corrected chi connectivity index (χ1v) is 9.40. The number of ether oxygens (including phenoxy) is 1. The molecular formula is C23H28N2O3. The maximum atomic E-state index is 12.7. The smallest absolute Gasteiger partial charge is 0.245 e. The molecule has 0 aromatic heterocycles. The van der Waals surface area contributed by atoms with Gasteiger partial charge in [-0.3, -0.25) is 9.59 Å². The molecule has 2 rings (SSSR count). The van der Waals surface area contributed by atoms with Crippen molar-refractivity contribution in [1.29, 1.82) is 0 Å². The van der Waals surface area contributed by atoms with Gasteiger partial charge in [0, 0.05) is 19.2 Å². The van der Waals surface area contributed by atoms with Gasteiger partial charge in [0.25, 0.3) is 0 Å². The second-order valence-corrected chi connectivity index (χ2v) is 6.62. The Labute approximate surface area is 167 Å². The summed E-state index contributed by atoms with van der Waals surface area (Å²) in [5.41, 5.74) is 3.13. The van der Waals surface area contributed by atoms with Crippen LogP contribution in [0.2, 0.25) is 0 Å². The topological polar surface area (TPSA) is 58.6 Å². The van der Waals surface area contributed by atoms with Gasteiger partial charge in [0.15, 0.2) is 0 Å². The van der Waals surface area contributed by atoms with Gasteiger partial charge in [-0.1, -0.05) is 36.4 Å². The van der Waals surface area contributed by atoms with Crippen molar-refractivity contribution in [3.63, 3.8) is 0 Å². The zero-order chi connectivity index (χ0) is 20.5. The van der Waals surface area contributed by atoms with Crippen molar-refractivity contribution in [3.05, 3.63) is 71.3 Å². The quantitative estimate of drug-likeness (QED) is 0.712. The maximum Gasteiger partial charge on any atom is 0.245 e. The van der Waals surface area contributed by atoms with Crippen molar-refractivity contribution < 1.29 is 14.3 Å². The molecule has 148 valence electrons. The number of nitrogens with one attached hydrogen (secondary N) is 1. The number of amides is 2. The molecule has 2 aromatic carbocycles. The highest BCUT2D eigenvalue weighted by Gasteiger charge is 2.20. The molecule has 0 saturated carbocycles. The first kappa shape index (κ1) is 21.2. The van der Waals surface area contributed by atoms with Crippen molar-refractivity contribution in [1.82, 2.24) is 10.2 Å². The van der Waals surface area contributed by atoms with E-state index in [1.807, 2.05) is 62.4 Å². The summed E-state index contributed by atoms with van der Waals surface area (Å²) < 4.78 is 5.11. The minimum atomic E-state index is -0.600. The lowest BCUT2D eigenvalue weighted by molar-refractivity contribution is -0.135. The number of methoxy groups -OCH3 is 1. The fraction of sp³-hybridized carbons (Fsp3) is 0.304. The zero-order valence-electron chi connectivity index (χ0n) is 16.9. The summed E-state index contributed by atoms with van der Waals surface area (Å²) in [5, 5.41) is 2.75.